The highest BCUT2D eigenvalue weighted by Gasteiger charge is 2.02. The van der Waals surface area contributed by atoms with Crippen LogP contribution in [0.3, 0.4) is 0 Å². The van der Waals surface area contributed by atoms with Gasteiger partial charge in [-0.05, 0) is 38.3 Å². The Labute approximate surface area is 144 Å². The van der Waals surface area contributed by atoms with Crippen LogP contribution in [0.25, 0.3) is 0 Å². The number of unbranched alkanes of at least 4 members (excludes halogenated alkanes) is 7. The molecular formula is C20H28O2S. The molecule has 0 aliphatic carbocycles. The van der Waals surface area contributed by atoms with Gasteiger partial charge in [0, 0.05) is 6.42 Å². The topological polar surface area (TPSA) is 26.3 Å². The second-order valence-electron chi connectivity index (χ2n) is 5.61. The highest BCUT2D eigenvalue weighted by Crippen LogP contribution is 2.09. The second kappa shape index (κ2) is 13.1. The maximum Gasteiger partial charge on any atom is 0.190 e. The van der Waals surface area contributed by atoms with Gasteiger partial charge in [0.1, 0.15) is 6.61 Å². The van der Waals surface area contributed by atoms with E-state index in [1.54, 1.807) is 0 Å². The van der Waals surface area contributed by atoms with Crippen LogP contribution >= 0.6 is 0 Å². The van der Waals surface area contributed by atoms with Crippen molar-refractivity contribution in [2.24, 2.45) is 0 Å². The molecule has 0 aliphatic rings. The van der Waals surface area contributed by atoms with Crippen LogP contribution in [0.15, 0.2) is 41.8 Å². The third-order valence-electron chi connectivity index (χ3n) is 3.54. The van der Waals surface area contributed by atoms with Crippen LogP contribution in [0.4, 0.5) is 0 Å². The number of aryl methyl sites for hydroxylation is 1. The molecule has 0 radical (unpaired) electrons. The SMILES string of the molecule is C=CCCCCCCCCC#CCO[S@](=O)c1ccc(C)cc1. The Bertz CT molecular complexity index is 523. The van der Waals surface area contributed by atoms with Gasteiger partial charge in [0.05, 0.1) is 4.90 Å². The third-order valence-corrected chi connectivity index (χ3v) is 4.53. The van der Waals surface area contributed by atoms with E-state index in [9.17, 15) is 4.21 Å². The Hall–Kier alpha value is -1.37. The van der Waals surface area contributed by atoms with Gasteiger partial charge in [0.2, 0.25) is 0 Å². The molecule has 0 aromatic heterocycles. The first-order chi connectivity index (χ1) is 11.2. The number of rotatable bonds is 11. The van der Waals surface area contributed by atoms with Gasteiger partial charge in [0.25, 0.3) is 0 Å². The molecule has 126 valence electrons. The van der Waals surface area contributed by atoms with Crippen LogP contribution in [-0.4, -0.2) is 10.8 Å². The zero-order valence-electron chi connectivity index (χ0n) is 14.2. The molecular weight excluding hydrogens is 304 g/mol. The quantitative estimate of drug-likeness (QED) is 0.310. The molecule has 1 atom stereocenters. The molecule has 0 saturated carbocycles. The summed E-state index contributed by atoms with van der Waals surface area (Å²) in [5.41, 5.74) is 1.14. The second-order valence-corrected chi connectivity index (χ2v) is 6.79. The molecule has 1 aromatic carbocycles. The Morgan fingerprint density at radius 2 is 1.70 bits per heavy atom. The Kier molecular flexibility index (Phi) is 11.2. The molecule has 0 bridgehead atoms. The average Bonchev–Trinajstić information content (AvgIpc) is 2.56. The van der Waals surface area contributed by atoms with Crippen LogP contribution in [0, 0.1) is 18.8 Å². The molecule has 1 aromatic rings. The van der Waals surface area contributed by atoms with Gasteiger partial charge in [-0.25, -0.2) is 4.21 Å². The standard InChI is InChI=1S/C20H28O2S/c1-3-4-5-6-7-8-9-10-11-12-13-18-22-23(21)20-16-14-19(2)15-17-20/h3,14-17H,1,4-11,18H2,2H3/t23-/m0/s1. The van der Waals surface area contributed by atoms with Crippen molar-refractivity contribution >= 4 is 11.1 Å². The minimum Gasteiger partial charge on any atom is -0.274 e. The highest BCUT2D eigenvalue weighted by molar-refractivity contribution is 7.80. The van der Waals surface area contributed by atoms with E-state index in [-0.39, 0.29) is 6.61 Å². The molecule has 0 fully saturated rings. The van der Waals surface area contributed by atoms with Gasteiger partial charge in [-0.2, -0.15) is 0 Å². The molecule has 0 amide bonds. The normalized spacial score (nSPS) is 11.5. The summed E-state index contributed by atoms with van der Waals surface area (Å²) in [6.45, 7) is 5.95. The fraction of sp³-hybridized carbons (Fsp3) is 0.500. The van der Waals surface area contributed by atoms with Crippen LogP contribution in [0.1, 0.15) is 56.9 Å². The zero-order valence-corrected chi connectivity index (χ0v) is 15.0. The monoisotopic (exact) mass is 332 g/mol. The summed E-state index contributed by atoms with van der Waals surface area (Å²) in [7, 11) is 0. The predicted octanol–water partition coefficient (Wildman–Crippen LogP) is 5.34. The van der Waals surface area contributed by atoms with Crippen LogP contribution < -0.4 is 0 Å². The average molecular weight is 333 g/mol. The molecule has 0 spiro atoms. The number of allylic oxidation sites excluding steroid dienone is 1. The summed E-state index contributed by atoms with van der Waals surface area (Å²) in [5, 5.41) is 0. The van der Waals surface area contributed by atoms with Crippen molar-refractivity contribution in [1.82, 2.24) is 0 Å². The van der Waals surface area contributed by atoms with Crippen LogP contribution in [0.5, 0.6) is 0 Å². The van der Waals surface area contributed by atoms with Crippen molar-refractivity contribution in [2.45, 2.75) is 63.2 Å². The highest BCUT2D eigenvalue weighted by atomic mass is 32.2. The Morgan fingerprint density at radius 3 is 2.39 bits per heavy atom. The lowest BCUT2D eigenvalue weighted by atomic mass is 10.1. The van der Waals surface area contributed by atoms with Gasteiger partial charge in [-0.15, -0.1) is 12.5 Å². The fourth-order valence-electron chi connectivity index (χ4n) is 2.15. The summed E-state index contributed by atoms with van der Waals surface area (Å²) in [6.07, 6.45) is 11.5. The van der Waals surface area contributed by atoms with Gasteiger partial charge < -0.3 is 0 Å². The summed E-state index contributed by atoms with van der Waals surface area (Å²) in [5.74, 6) is 6.03. The van der Waals surface area contributed by atoms with E-state index in [0.717, 1.165) is 24.8 Å². The third kappa shape index (κ3) is 10.1. The van der Waals surface area contributed by atoms with E-state index in [1.165, 1.54) is 32.1 Å². The van der Waals surface area contributed by atoms with Gasteiger partial charge >= 0.3 is 0 Å². The summed E-state index contributed by atoms with van der Waals surface area (Å²) in [6, 6.07) is 7.52. The first-order valence-corrected chi connectivity index (χ1v) is 9.50. The maximum absolute atomic E-state index is 11.9. The molecule has 0 heterocycles. The summed E-state index contributed by atoms with van der Waals surface area (Å²) in [4.78, 5) is 0.689. The number of benzene rings is 1. The molecule has 2 nitrogen and oxygen atoms in total. The van der Waals surface area contributed by atoms with Gasteiger partial charge in [0.15, 0.2) is 11.1 Å². The van der Waals surface area contributed by atoms with E-state index in [4.69, 9.17) is 4.18 Å². The van der Waals surface area contributed by atoms with Crippen LogP contribution in [-0.2, 0) is 15.3 Å². The minimum absolute atomic E-state index is 0.224. The van der Waals surface area contributed by atoms with Gasteiger partial charge in [-0.3, -0.25) is 4.18 Å². The molecule has 23 heavy (non-hydrogen) atoms. The predicted molar refractivity (Wildman–Crippen MR) is 98.4 cm³/mol. The number of hydrogen-bond donors (Lipinski definition) is 0. The van der Waals surface area contributed by atoms with E-state index in [0.29, 0.717) is 4.90 Å². The van der Waals surface area contributed by atoms with E-state index in [2.05, 4.69) is 18.4 Å². The summed E-state index contributed by atoms with van der Waals surface area (Å²) >= 11 is -1.42. The van der Waals surface area contributed by atoms with Crippen molar-refractivity contribution in [3.63, 3.8) is 0 Å². The Balaban J connectivity index is 2.02. The van der Waals surface area contributed by atoms with Crippen LogP contribution in [0.2, 0.25) is 0 Å². The molecule has 0 unspecified atom stereocenters. The van der Waals surface area contributed by atoms with Gasteiger partial charge in [-0.1, -0.05) is 55.4 Å². The lowest BCUT2D eigenvalue weighted by molar-refractivity contribution is 0.402. The maximum atomic E-state index is 11.9. The number of hydrogen-bond acceptors (Lipinski definition) is 2. The van der Waals surface area contributed by atoms with E-state index < -0.39 is 11.1 Å². The largest absolute Gasteiger partial charge is 0.274 e. The molecule has 0 aliphatic heterocycles. The molecule has 0 saturated heterocycles. The lowest BCUT2D eigenvalue weighted by Crippen LogP contribution is -1.98. The zero-order chi connectivity index (χ0) is 16.8. The van der Waals surface area contributed by atoms with Crippen molar-refractivity contribution < 1.29 is 8.39 Å². The minimum atomic E-state index is -1.42. The first-order valence-electron chi connectivity index (χ1n) is 8.42. The Morgan fingerprint density at radius 1 is 1.04 bits per heavy atom. The lowest BCUT2D eigenvalue weighted by Gasteiger charge is -2.00. The van der Waals surface area contributed by atoms with E-state index in [1.807, 2.05) is 37.3 Å². The first kappa shape index (κ1) is 19.7. The fourth-order valence-corrected chi connectivity index (χ4v) is 2.81. The van der Waals surface area contributed by atoms with Crippen molar-refractivity contribution in [1.29, 1.82) is 0 Å². The van der Waals surface area contributed by atoms with E-state index >= 15 is 0 Å². The smallest absolute Gasteiger partial charge is 0.190 e. The van der Waals surface area contributed by atoms with Crippen molar-refractivity contribution in [3.8, 4) is 11.8 Å². The van der Waals surface area contributed by atoms with Crippen molar-refractivity contribution in [3.05, 3.63) is 42.5 Å². The molecule has 0 N–H and O–H groups in total. The summed E-state index contributed by atoms with van der Waals surface area (Å²) < 4.78 is 17.1. The molecule has 1 rings (SSSR count). The molecule has 3 heteroatoms. The van der Waals surface area contributed by atoms with Crippen molar-refractivity contribution in [2.75, 3.05) is 6.61 Å².